The van der Waals surface area contributed by atoms with Crippen molar-refractivity contribution in [2.24, 2.45) is 5.73 Å². The van der Waals surface area contributed by atoms with E-state index in [1.807, 2.05) is 12.1 Å². The van der Waals surface area contributed by atoms with E-state index >= 15 is 0 Å². The van der Waals surface area contributed by atoms with E-state index in [-0.39, 0.29) is 5.91 Å². The lowest BCUT2D eigenvalue weighted by atomic mass is 10.2. The van der Waals surface area contributed by atoms with Crippen molar-refractivity contribution in [3.63, 3.8) is 0 Å². The van der Waals surface area contributed by atoms with Gasteiger partial charge >= 0.3 is 6.03 Å². The van der Waals surface area contributed by atoms with Crippen molar-refractivity contribution in [2.45, 2.75) is 12.8 Å². The average Bonchev–Trinajstić information content (AvgIpc) is 3.10. The molecule has 0 aliphatic carbocycles. The SMILES string of the molecule is NC(=O)Nc1ccc(C(=O)Nc2ccc(N3CCCC3)nc2)cc1. The number of rotatable bonds is 4. The third-order valence-corrected chi connectivity index (χ3v) is 3.85. The van der Waals surface area contributed by atoms with E-state index in [1.54, 1.807) is 30.5 Å². The number of benzene rings is 1. The number of aromatic nitrogens is 1. The molecule has 1 aromatic heterocycles. The second-order valence-electron chi connectivity index (χ2n) is 5.62. The summed E-state index contributed by atoms with van der Waals surface area (Å²) in [7, 11) is 0. The first-order valence-electron chi connectivity index (χ1n) is 7.81. The molecule has 0 radical (unpaired) electrons. The second kappa shape index (κ2) is 6.99. The van der Waals surface area contributed by atoms with Crippen LogP contribution in [0.15, 0.2) is 42.6 Å². The van der Waals surface area contributed by atoms with Gasteiger partial charge in [-0.25, -0.2) is 9.78 Å². The zero-order valence-electron chi connectivity index (χ0n) is 13.2. The minimum atomic E-state index is -0.642. The molecule has 2 aromatic rings. The molecule has 0 unspecified atom stereocenters. The number of primary amides is 1. The monoisotopic (exact) mass is 325 g/mol. The standard InChI is InChI=1S/C17H19N5O2/c18-17(24)21-13-5-3-12(4-6-13)16(23)20-14-7-8-15(19-11-14)22-9-1-2-10-22/h3-8,11H,1-2,9-10H2,(H,20,23)(H3,18,21,24). The van der Waals surface area contributed by atoms with Gasteiger partial charge in [0.25, 0.3) is 5.91 Å². The van der Waals surface area contributed by atoms with Gasteiger partial charge in [0.2, 0.25) is 0 Å². The van der Waals surface area contributed by atoms with Gasteiger partial charge in [-0.05, 0) is 49.2 Å². The van der Waals surface area contributed by atoms with Crippen LogP contribution in [0.5, 0.6) is 0 Å². The zero-order valence-corrected chi connectivity index (χ0v) is 13.2. The number of carbonyl (C=O) groups excluding carboxylic acids is 2. The number of nitrogens with one attached hydrogen (secondary N) is 2. The van der Waals surface area contributed by atoms with Crippen molar-refractivity contribution in [2.75, 3.05) is 28.6 Å². The van der Waals surface area contributed by atoms with Gasteiger partial charge in [-0.15, -0.1) is 0 Å². The van der Waals surface area contributed by atoms with Gasteiger partial charge in [-0.1, -0.05) is 0 Å². The van der Waals surface area contributed by atoms with E-state index in [9.17, 15) is 9.59 Å². The van der Waals surface area contributed by atoms with Crippen molar-refractivity contribution in [1.29, 1.82) is 0 Å². The smallest absolute Gasteiger partial charge is 0.316 e. The van der Waals surface area contributed by atoms with Gasteiger partial charge in [0.05, 0.1) is 11.9 Å². The number of urea groups is 1. The van der Waals surface area contributed by atoms with Crippen LogP contribution in [0.25, 0.3) is 0 Å². The van der Waals surface area contributed by atoms with Gasteiger partial charge in [-0.3, -0.25) is 4.79 Å². The first-order valence-corrected chi connectivity index (χ1v) is 7.81. The molecule has 124 valence electrons. The Balaban J connectivity index is 1.62. The summed E-state index contributed by atoms with van der Waals surface area (Å²) in [5.74, 6) is 0.698. The highest BCUT2D eigenvalue weighted by molar-refractivity contribution is 6.04. The number of anilines is 3. The Labute approximate surface area is 139 Å². The summed E-state index contributed by atoms with van der Waals surface area (Å²) in [6.45, 7) is 2.06. The highest BCUT2D eigenvalue weighted by atomic mass is 16.2. The number of pyridine rings is 1. The molecule has 0 saturated carbocycles. The van der Waals surface area contributed by atoms with Crippen LogP contribution < -0.4 is 21.3 Å². The molecule has 0 bridgehead atoms. The van der Waals surface area contributed by atoms with Crippen molar-refractivity contribution in [3.8, 4) is 0 Å². The van der Waals surface area contributed by atoms with Gasteiger partial charge < -0.3 is 21.3 Å². The maximum Gasteiger partial charge on any atom is 0.316 e. The molecule has 1 saturated heterocycles. The van der Waals surface area contributed by atoms with Crippen molar-refractivity contribution in [1.82, 2.24) is 4.98 Å². The Morgan fingerprint density at radius 1 is 0.958 bits per heavy atom. The van der Waals surface area contributed by atoms with E-state index in [4.69, 9.17) is 5.73 Å². The maximum atomic E-state index is 12.2. The molecule has 1 aromatic carbocycles. The minimum absolute atomic E-state index is 0.239. The highest BCUT2D eigenvalue weighted by Gasteiger charge is 2.13. The number of nitrogens with two attached hydrogens (primary N) is 1. The number of nitrogens with zero attached hydrogens (tertiary/aromatic N) is 2. The van der Waals surface area contributed by atoms with E-state index in [2.05, 4.69) is 20.5 Å². The largest absolute Gasteiger partial charge is 0.357 e. The zero-order chi connectivity index (χ0) is 16.9. The van der Waals surface area contributed by atoms with Crippen LogP contribution in [0.3, 0.4) is 0 Å². The Hall–Kier alpha value is -3.09. The third kappa shape index (κ3) is 3.81. The van der Waals surface area contributed by atoms with Crippen molar-refractivity contribution < 1.29 is 9.59 Å². The second-order valence-corrected chi connectivity index (χ2v) is 5.62. The Bertz CT molecular complexity index is 722. The molecular weight excluding hydrogens is 306 g/mol. The number of carbonyl (C=O) groups is 2. The van der Waals surface area contributed by atoms with Crippen LogP contribution in [0.2, 0.25) is 0 Å². The molecule has 0 spiro atoms. The molecule has 1 aliphatic heterocycles. The normalized spacial score (nSPS) is 13.6. The summed E-state index contributed by atoms with van der Waals surface area (Å²) in [4.78, 5) is 29.6. The molecular formula is C17H19N5O2. The fourth-order valence-corrected chi connectivity index (χ4v) is 2.64. The summed E-state index contributed by atoms with van der Waals surface area (Å²) in [5.41, 5.74) is 6.70. The van der Waals surface area contributed by atoms with Crippen LogP contribution in [0, 0.1) is 0 Å². The topological polar surface area (TPSA) is 100 Å². The first kappa shape index (κ1) is 15.8. The predicted octanol–water partition coefficient (Wildman–Crippen LogP) is 2.42. The van der Waals surface area contributed by atoms with E-state index in [0.29, 0.717) is 16.9 Å². The Kier molecular flexibility index (Phi) is 4.60. The molecule has 7 nitrogen and oxygen atoms in total. The van der Waals surface area contributed by atoms with Gasteiger partial charge in [0.1, 0.15) is 5.82 Å². The van der Waals surface area contributed by atoms with Crippen molar-refractivity contribution in [3.05, 3.63) is 48.2 Å². The van der Waals surface area contributed by atoms with Crippen LogP contribution >= 0.6 is 0 Å². The Morgan fingerprint density at radius 2 is 1.62 bits per heavy atom. The highest BCUT2D eigenvalue weighted by Crippen LogP contribution is 2.19. The fraction of sp³-hybridized carbons (Fsp3) is 0.235. The lowest BCUT2D eigenvalue weighted by Crippen LogP contribution is -2.19. The number of hydrogen-bond acceptors (Lipinski definition) is 4. The van der Waals surface area contributed by atoms with E-state index in [1.165, 1.54) is 12.8 Å². The molecule has 1 aliphatic rings. The van der Waals surface area contributed by atoms with E-state index < -0.39 is 6.03 Å². The molecule has 24 heavy (non-hydrogen) atoms. The lowest BCUT2D eigenvalue weighted by Gasteiger charge is -2.16. The molecule has 0 atom stereocenters. The maximum absolute atomic E-state index is 12.2. The van der Waals surface area contributed by atoms with Crippen LogP contribution in [-0.2, 0) is 0 Å². The van der Waals surface area contributed by atoms with Crippen LogP contribution in [-0.4, -0.2) is 30.0 Å². The summed E-state index contributed by atoms with van der Waals surface area (Å²) in [6.07, 6.45) is 4.05. The molecule has 4 N–H and O–H groups in total. The quantitative estimate of drug-likeness (QED) is 0.803. The number of amides is 3. The van der Waals surface area contributed by atoms with Crippen LogP contribution in [0.1, 0.15) is 23.2 Å². The molecule has 2 heterocycles. The number of hydrogen-bond donors (Lipinski definition) is 3. The van der Waals surface area contributed by atoms with Gasteiger partial charge in [-0.2, -0.15) is 0 Å². The first-order chi connectivity index (χ1) is 11.6. The van der Waals surface area contributed by atoms with Crippen LogP contribution in [0.4, 0.5) is 22.0 Å². The summed E-state index contributed by atoms with van der Waals surface area (Å²) < 4.78 is 0. The van der Waals surface area contributed by atoms with E-state index in [0.717, 1.165) is 18.9 Å². The van der Waals surface area contributed by atoms with Gasteiger partial charge in [0.15, 0.2) is 0 Å². The Morgan fingerprint density at radius 3 is 2.21 bits per heavy atom. The molecule has 7 heteroatoms. The molecule has 1 fully saturated rings. The third-order valence-electron chi connectivity index (χ3n) is 3.85. The van der Waals surface area contributed by atoms with Gasteiger partial charge in [0, 0.05) is 24.3 Å². The molecule has 3 rings (SSSR count). The summed E-state index contributed by atoms with van der Waals surface area (Å²) in [6, 6.07) is 9.60. The predicted molar refractivity (Wildman–Crippen MR) is 93.3 cm³/mol. The molecule has 3 amide bonds. The summed E-state index contributed by atoms with van der Waals surface area (Å²) >= 11 is 0. The summed E-state index contributed by atoms with van der Waals surface area (Å²) in [5, 5.41) is 5.25. The average molecular weight is 325 g/mol. The van der Waals surface area contributed by atoms with Crippen molar-refractivity contribution >= 4 is 29.1 Å². The lowest BCUT2D eigenvalue weighted by molar-refractivity contribution is 0.102. The minimum Gasteiger partial charge on any atom is -0.357 e. The fourth-order valence-electron chi connectivity index (χ4n) is 2.64.